The first-order valence-electron chi connectivity index (χ1n) is 6.16. The molecule has 0 saturated carbocycles. The normalized spacial score (nSPS) is 12.4. The summed E-state index contributed by atoms with van der Waals surface area (Å²) >= 11 is 0. The van der Waals surface area contributed by atoms with Crippen molar-refractivity contribution >= 4 is 0 Å². The molecule has 19 heavy (non-hydrogen) atoms. The number of hydrogen-bond acceptors (Lipinski definition) is 2. The van der Waals surface area contributed by atoms with Crippen molar-refractivity contribution in [3.63, 3.8) is 0 Å². The maximum atomic E-state index is 13.8. The average molecular weight is 262 g/mol. The fourth-order valence-electron chi connectivity index (χ4n) is 1.86. The topological polar surface area (TPSA) is 24.9 Å². The summed E-state index contributed by atoms with van der Waals surface area (Å²) in [5.41, 5.74) is 1.51. The molecule has 1 unspecified atom stereocenters. The van der Waals surface area contributed by atoms with Gasteiger partial charge in [0.2, 0.25) is 0 Å². The summed E-state index contributed by atoms with van der Waals surface area (Å²) in [6.07, 6.45) is 1.70. The van der Waals surface area contributed by atoms with Gasteiger partial charge in [0.05, 0.1) is 5.69 Å². The first kappa shape index (κ1) is 13.6. The van der Waals surface area contributed by atoms with Crippen molar-refractivity contribution in [3.8, 4) is 0 Å². The van der Waals surface area contributed by atoms with Gasteiger partial charge < -0.3 is 5.32 Å². The number of rotatable bonds is 4. The Morgan fingerprint density at radius 2 is 2.00 bits per heavy atom. The lowest BCUT2D eigenvalue weighted by Crippen LogP contribution is -2.20. The third-order valence-electron chi connectivity index (χ3n) is 3.06. The van der Waals surface area contributed by atoms with E-state index in [0.29, 0.717) is 17.7 Å². The number of halogens is 2. The largest absolute Gasteiger partial charge is 0.304 e. The summed E-state index contributed by atoms with van der Waals surface area (Å²) in [4.78, 5) is 4.17. The van der Waals surface area contributed by atoms with E-state index in [1.165, 1.54) is 12.1 Å². The molecular weight excluding hydrogens is 246 g/mol. The van der Waals surface area contributed by atoms with E-state index in [2.05, 4.69) is 10.3 Å². The molecule has 1 aromatic carbocycles. The number of aromatic nitrogens is 1. The van der Waals surface area contributed by atoms with Crippen LogP contribution in [-0.2, 0) is 6.54 Å². The standard InChI is InChI=1S/C15H16F2N2/c1-10-7-15(17)13(8-14(10)16)11(2)19-9-12-5-3-4-6-18-12/h3-8,11,19H,9H2,1-2H3. The van der Waals surface area contributed by atoms with Gasteiger partial charge in [-0.2, -0.15) is 0 Å². The third-order valence-corrected chi connectivity index (χ3v) is 3.06. The van der Waals surface area contributed by atoms with E-state index in [9.17, 15) is 8.78 Å². The van der Waals surface area contributed by atoms with Crippen LogP contribution in [0.25, 0.3) is 0 Å². The van der Waals surface area contributed by atoms with E-state index < -0.39 is 0 Å². The maximum absolute atomic E-state index is 13.8. The molecule has 0 radical (unpaired) electrons. The zero-order chi connectivity index (χ0) is 13.8. The monoisotopic (exact) mass is 262 g/mol. The van der Waals surface area contributed by atoms with Crippen LogP contribution in [0.15, 0.2) is 36.5 Å². The molecule has 100 valence electrons. The highest BCUT2D eigenvalue weighted by molar-refractivity contribution is 5.27. The molecule has 1 atom stereocenters. The predicted octanol–water partition coefficient (Wildman–Crippen LogP) is 3.52. The molecule has 2 nitrogen and oxygen atoms in total. The maximum Gasteiger partial charge on any atom is 0.128 e. The molecule has 2 aromatic rings. The van der Waals surface area contributed by atoms with Crippen LogP contribution in [0.3, 0.4) is 0 Å². The first-order chi connectivity index (χ1) is 9.08. The number of aryl methyl sites for hydroxylation is 1. The molecule has 0 spiro atoms. The highest BCUT2D eigenvalue weighted by Gasteiger charge is 2.13. The number of hydrogen-bond donors (Lipinski definition) is 1. The van der Waals surface area contributed by atoms with Gasteiger partial charge in [-0.3, -0.25) is 4.98 Å². The average Bonchev–Trinajstić information content (AvgIpc) is 2.41. The second kappa shape index (κ2) is 5.89. The number of pyridine rings is 1. The minimum Gasteiger partial charge on any atom is -0.304 e. The quantitative estimate of drug-likeness (QED) is 0.912. The first-order valence-corrected chi connectivity index (χ1v) is 6.16. The van der Waals surface area contributed by atoms with Crippen molar-refractivity contribution in [1.82, 2.24) is 10.3 Å². The summed E-state index contributed by atoms with van der Waals surface area (Å²) in [7, 11) is 0. The van der Waals surface area contributed by atoms with Gasteiger partial charge in [-0.15, -0.1) is 0 Å². The second-order valence-corrected chi connectivity index (χ2v) is 4.55. The van der Waals surface area contributed by atoms with Crippen molar-refractivity contribution in [2.45, 2.75) is 26.4 Å². The van der Waals surface area contributed by atoms with Gasteiger partial charge in [-0.25, -0.2) is 8.78 Å². The van der Waals surface area contributed by atoms with Crippen LogP contribution in [0.1, 0.15) is 29.8 Å². The zero-order valence-corrected chi connectivity index (χ0v) is 11.0. The van der Waals surface area contributed by atoms with E-state index in [-0.39, 0.29) is 17.7 Å². The third kappa shape index (κ3) is 3.35. The van der Waals surface area contributed by atoms with Crippen LogP contribution >= 0.6 is 0 Å². The van der Waals surface area contributed by atoms with Gasteiger partial charge in [0.1, 0.15) is 11.6 Å². The van der Waals surface area contributed by atoms with E-state index in [1.807, 2.05) is 18.2 Å². The molecule has 1 aromatic heterocycles. The minimum atomic E-state index is -0.389. The molecule has 0 aliphatic rings. The van der Waals surface area contributed by atoms with Crippen LogP contribution in [0.5, 0.6) is 0 Å². The lowest BCUT2D eigenvalue weighted by atomic mass is 10.0. The van der Waals surface area contributed by atoms with Crippen LogP contribution in [0.4, 0.5) is 8.78 Å². The molecule has 2 rings (SSSR count). The summed E-state index contributed by atoms with van der Waals surface area (Å²) < 4.78 is 27.3. The molecule has 1 heterocycles. The summed E-state index contributed by atoms with van der Waals surface area (Å²) in [5.74, 6) is -0.775. The molecule has 0 saturated heterocycles. The van der Waals surface area contributed by atoms with Gasteiger partial charge in [0.15, 0.2) is 0 Å². The van der Waals surface area contributed by atoms with Crippen molar-refractivity contribution in [2.75, 3.05) is 0 Å². The van der Waals surface area contributed by atoms with Crippen LogP contribution in [-0.4, -0.2) is 4.98 Å². The molecule has 0 fully saturated rings. The van der Waals surface area contributed by atoms with E-state index in [1.54, 1.807) is 20.0 Å². The number of nitrogens with zero attached hydrogens (tertiary/aromatic N) is 1. The second-order valence-electron chi connectivity index (χ2n) is 4.55. The molecule has 1 N–H and O–H groups in total. The van der Waals surface area contributed by atoms with E-state index >= 15 is 0 Å². The molecule has 0 amide bonds. The highest BCUT2D eigenvalue weighted by Crippen LogP contribution is 2.20. The fourth-order valence-corrected chi connectivity index (χ4v) is 1.86. The SMILES string of the molecule is Cc1cc(F)c(C(C)NCc2ccccn2)cc1F. The Kier molecular flexibility index (Phi) is 4.22. The predicted molar refractivity (Wildman–Crippen MR) is 70.6 cm³/mol. The van der Waals surface area contributed by atoms with Crippen molar-refractivity contribution < 1.29 is 8.78 Å². The summed E-state index contributed by atoms with van der Waals surface area (Å²) in [6.45, 7) is 3.86. The number of benzene rings is 1. The molecule has 4 heteroatoms. The Hall–Kier alpha value is -1.81. The Labute approximate surface area is 111 Å². The summed E-state index contributed by atoms with van der Waals surface area (Å²) in [5, 5.41) is 3.13. The van der Waals surface area contributed by atoms with Crippen LogP contribution < -0.4 is 5.32 Å². The van der Waals surface area contributed by atoms with Gasteiger partial charge in [0, 0.05) is 24.3 Å². The zero-order valence-electron chi connectivity index (χ0n) is 11.0. The van der Waals surface area contributed by atoms with Crippen molar-refractivity contribution in [1.29, 1.82) is 0 Å². The Balaban J connectivity index is 2.08. The Bertz CT molecular complexity index is 556. The van der Waals surface area contributed by atoms with E-state index in [4.69, 9.17) is 0 Å². The molecule has 0 aliphatic carbocycles. The van der Waals surface area contributed by atoms with Crippen molar-refractivity contribution in [3.05, 3.63) is 65.0 Å². The van der Waals surface area contributed by atoms with Gasteiger partial charge in [0.25, 0.3) is 0 Å². The Morgan fingerprint density at radius 1 is 1.21 bits per heavy atom. The Morgan fingerprint density at radius 3 is 2.68 bits per heavy atom. The highest BCUT2D eigenvalue weighted by atomic mass is 19.1. The lowest BCUT2D eigenvalue weighted by Gasteiger charge is -2.15. The number of nitrogens with one attached hydrogen (secondary N) is 1. The van der Waals surface area contributed by atoms with Gasteiger partial charge in [-0.1, -0.05) is 6.07 Å². The fraction of sp³-hybridized carbons (Fsp3) is 0.267. The van der Waals surface area contributed by atoms with Crippen LogP contribution in [0, 0.1) is 18.6 Å². The lowest BCUT2D eigenvalue weighted by molar-refractivity contribution is 0.513. The van der Waals surface area contributed by atoms with Crippen LogP contribution in [0.2, 0.25) is 0 Å². The smallest absolute Gasteiger partial charge is 0.128 e. The van der Waals surface area contributed by atoms with Gasteiger partial charge in [-0.05, 0) is 43.7 Å². The minimum absolute atomic E-state index is 0.280. The van der Waals surface area contributed by atoms with Crippen molar-refractivity contribution in [2.24, 2.45) is 0 Å². The van der Waals surface area contributed by atoms with Gasteiger partial charge >= 0.3 is 0 Å². The summed E-state index contributed by atoms with van der Waals surface area (Å²) in [6, 6.07) is 7.80. The molecule has 0 aliphatic heterocycles. The molecule has 0 bridgehead atoms. The molecular formula is C15H16F2N2. The van der Waals surface area contributed by atoms with E-state index in [0.717, 1.165) is 5.69 Å².